The minimum Gasteiger partial charge on any atom is -0.450 e. The minimum absolute atomic E-state index is 0.253. The van der Waals surface area contributed by atoms with Crippen LogP contribution in [-0.2, 0) is 9.53 Å². The normalized spacial score (nSPS) is 11.8. The van der Waals surface area contributed by atoms with Crippen LogP contribution < -0.4 is 10.7 Å². The number of carbonyl (C=O) groups excluding carboxylic acids is 2. The Morgan fingerprint density at radius 2 is 1.96 bits per heavy atom. The van der Waals surface area contributed by atoms with Gasteiger partial charge in [0.1, 0.15) is 5.58 Å². The van der Waals surface area contributed by atoms with Crippen molar-refractivity contribution in [1.29, 1.82) is 0 Å². The molecule has 7 heteroatoms. The molecule has 0 spiro atoms. The van der Waals surface area contributed by atoms with Gasteiger partial charge in [-0.05, 0) is 43.7 Å². The van der Waals surface area contributed by atoms with Gasteiger partial charge in [0.2, 0.25) is 5.76 Å². The summed E-state index contributed by atoms with van der Waals surface area (Å²) in [6.07, 6.45) is 0. The molecule has 0 aliphatic heterocycles. The van der Waals surface area contributed by atoms with E-state index >= 15 is 0 Å². The maximum Gasteiger partial charge on any atom is 0.374 e. The van der Waals surface area contributed by atoms with Crippen LogP contribution in [0.2, 0.25) is 5.02 Å². The molecule has 0 saturated heterocycles. The summed E-state index contributed by atoms with van der Waals surface area (Å²) in [4.78, 5) is 36.4. The van der Waals surface area contributed by atoms with Gasteiger partial charge in [0.05, 0.1) is 11.4 Å². The molecule has 6 nitrogen and oxygen atoms in total. The van der Waals surface area contributed by atoms with E-state index in [0.29, 0.717) is 10.4 Å². The zero-order valence-corrected chi connectivity index (χ0v) is 16.1. The molecule has 144 valence electrons. The predicted octanol–water partition coefficient (Wildman–Crippen LogP) is 3.79. The summed E-state index contributed by atoms with van der Waals surface area (Å²) in [6.45, 7) is 3.14. The van der Waals surface area contributed by atoms with E-state index in [2.05, 4.69) is 5.32 Å². The first-order valence-electron chi connectivity index (χ1n) is 8.60. The minimum atomic E-state index is -0.884. The van der Waals surface area contributed by atoms with Crippen molar-refractivity contribution < 1.29 is 18.7 Å². The molecular formula is C21H18ClNO5. The van der Waals surface area contributed by atoms with Gasteiger partial charge >= 0.3 is 5.97 Å². The average Bonchev–Trinajstić information content (AvgIpc) is 2.66. The number of benzene rings is 2. The summed E-state index contributed by atoms with van der Waals surface area (Å²) < 4.78 is 10.4. The van der Waals surface area contributed by atoms with Crippen molar-refractivity contribution in [3.05, 3.63) is 80.7 Å². The van der Waals surface area contributed by atoms with Crippen LogP contribution in [0.3, 0.4) is 0 Å². The predicted molar refractivity (Wildman–Crippen MR) is 106 cm³/mol. The van der Waals surface area contributed by atoms with Crippen LogP contribution in [0.25, 0.3) is 11.0 Å². The summed E-state index contributed by atoms with van der Waals surface area (Å²) in [5, 5.41) is 3.65. The van der Waals surface area contributed by atoms with Crippen molar-refractivity contribution in [1.82, 2.24) is 5.32 Å². The summed E-state index contributed by atoms with van der Waals surface area (Å²) in [6, 6.07) is 12.9. The lowest BCUT2D eigenvalue weighted by molar-refractivity contribution is -0.124. The van der Waals surface area contributed by atoms with Gasteiger partial charge in [0.25, 0.3) is 5.91 Å². The summed E-state index contributed by atoms with van der Waals surface area (Å²) >= 11 is 5.94. The lowest BCUT2D eigenvalue weighted by Gasteiger charge is -2.14. The largest absolute Gasteiger partial charge is 0.450 e. The first-order valence-corrected chi connectivity index (χ1v) is 8.98. The third kappa shape index (κ3) is 4.58. The number of esters is 1. The SMILES string of the molecule is Cc1ccc2oc(C(=O)OCC(=O)N[C@H](C)c3cccc(Cl)c3)cc(=O)c2c1. The summed E-state index contributed by atoms with van der Waals surface area (Å²) in [5.74, 6) is -1.62. The van der Waals surface area contributed by atoms with Gasteiger partial charge in [-0.15, -0.1) is 0 Å². The van der Waals surface area contributed by atoms with E-state index in [1.807, 2.05) is 13.0 Å². The van der Waals surface area contributed by atoms with Crippen LogP contribution in [0.5, 0.6) is 0 Å². The first kappa shape index (κ1) is 19.6. The zero-order chi connectivity index (χ0) is 20.3. The first-order chi connectivity index (χ1) is 13.3. The Kier molecular flexibility index (Phi) is 5.80. The number of hydrogen-bond acceptors (Lipinski definition) is 5. The fraction of sp³-hybridized carbons (Fsp3) is 0.190. The molecule has 0 bridgehead atoms. The molecule has 1 atom stereocenters. The number of nitrogens with one attached hydrogen (secondary N) is 1. The molecular weight excluding hydrogens is 382 g/mol. The second kappa shape index (κ2) is 8.27. The molecule has 0 fully saturated rings. The van der Waals surface area contributed by atoms with E-state index in [0.717, 1.165) is 17.2 Å². The third-order valence-corrected chi connectivity index (χ3v) is 4.38. The molecule has 1 aromatic heterocycles. The van der Waals surface area contributed by atoms with Crippen molar-refractivity contribution in [3.8, 4) is 0 Å². The molecule has 0 saturated carbocycles. The Morgan fingerprint density at radius 1 is 1.18 bits per heavy atom. The van der Waals surface area contributed by atoms with E-state index in [-0.39, 0.29) is 22.8 Å². The number of fused-ring (bicyclic) bond motifs is 1. The summed E-state index contributed by atoms with van der Waals surface area (Å²) in [7, 11) is 0. The third-order valence-electron chi connectivity index (χ3n) is 4.14. The number of amides is 1. The van der Waals surface area contributed by atoms with Gasteiger partial charge in [-0.25, -0.2) is 4.79 Å². The molecule has 0 aliphatic carbocycles. The van der Waals surface area contributed by atoms with Crippen molar-refractivity contribution in [3.63, 3.8) is 0 Å². The molecule has 1 heterocycles. The quantitative estimate of drug-likeness (QED) is 0.660. The topological polar surface area (TPSA) is 85.6 Å². The van der Waals surface area contributed by atoms with Gasteiger partial charge in [-0.2, -0.15) is 0 Å². The zero-order valence-electron chi connectivity index (χ0n) is 15.3. The Balaban J connectivity index is 1.63. The van der Waals surface area contributed by atoms with Crippen LogP contribution in [0, 0.1) is 6.92 Å². The van der Waals surface area contributed by atoms with E-state index in [4.69, 9.17) is 20.8 Å². The fourth-order valence-corrected chi connectivity index (χ4v) is 2.91. The second-order valence-corrected chi connectivity index (χ2v) is 6.83. The van der Waals surface area contributed by atoms with E-state index < -0.39 is 18.5 Å². The fourth-order valence-electron chi connectivity index (χ4n) is 2.72. The van der Waals surface area contributed by atoms with Gasteiger partial charge in [0, 0.05) is 11.1 Å². The molecule has 1 amide bonds. The molecule has 3 aromatic rings. The highest BCUT2D eigenvalue weighted by molar-refractivity contribution is 6.30. The van der Waals surface area contributed by atoms with Crippen molar-refractivity contribution in [2.45, 2.75) is 19.9 Å². The highest BCUT2D eigenvalue weighted by atomic mass is 35.5. The van der Waals surface area contributed by atoms with E-state index in [1.54, 1.807) is 43.3 Å². The molecule has 0 radical (unpaired) electrons. The Bertz CT molecular complexity index is 1110. The molecule has 1 N–H and O–H groups in total. The number of halogens is 1. The average molecular weight is 400 g/mol. The van der Waals surface area contributed by atoms with Crippen LogP contribution in [-0.4, -0.2) is 18.5 Å². The number of carbonyl (C=O) groups is 2. The van der Waals surface area contributed by atoms with Crippen LogP contribution in [0.4, 0.5) is 0 Å². The van der Waals surface area contributed by atoms with Crippen molar-refractivity contribution in [2.24, 2.45) is 0 Å². The van der Waals surface area contributed by atoms with Gasteiger partial charge < -0.3 is 14.5 Å². The van der Waals surface area contributed by atoms with Crippen molar-refractivity contribution in [2.75, 3.05) is 6.61 Å². The van der Waals surface area contributed by atoms with Crippen LogP contribution in [0.15, 0.2) is 57.7 Å². The number of ether oxygens (including phenoxy) is 1. The van der Waals surface area contributed by atoms with Crippen molar-refractivity contribution >= 4 is 34.4 Å². The van der Waals surface area contributed by atoms with Gasteiger partial charge in [-0.1, -0.05) is 35.4 Å². The smallest absolute Gasteiger partial charge is 0.374 e. The number of rotatable bonds is 5. The van der Waals surface area contributed by atoms with Crippen LogP contribution in [0.1, 0.15) is 34.6 Å². The molecule has 28 heavy (non-hydrogen) atoms. The lowest BCUT2D eigenvalue weighted by atomic mass is 10.1. The maximum absolute atomic E-state index is 12.2. The van der Waals surface area contributed by atoms with E-state index in [1.165, 1.54) is 0 Å². The maximum atomic E-state index is 12.2. The van der Waals surface area contributed by atoms with Crippen LogP contribution >= 0.6 is 11.6 Å². The standard InChI is InChI=1S/C21H18ClNO5/c1-12-6-7-18-16(8-12)17(24)10-19(28-18)21(26)27-11-20(25)23-13(2)14-4-3-5-15(22)9-14/h3-10,13H,11H2,1-2H3,(H,23,25)/t13-/m1/s1. The van der Waals surface area contributed by atoms with E-state index in [9.17, 15) is 14.4 Å². The number of hydrogen-bond donors (Lipinski definition) is 1. The highest BCUT2D eigenvalue weighted by Crippen LogP contribution is 2.17. The monoisotopic (exact) mass is 399 g/mol. The Hall–Kier alpha value is -3.12. The lowest BCUT2D eigenvalue weighted by Crippen LogP contribution is -2.31. The molecule has 0 unspecified atom stereocenters. The second-order valence-electron chi connectivity index (χ2n) is 6.39. The molecule has 2 aromatic carbocycles. The molecule has 3 rings (SSSR count). The van der Waals surface area contributed by atoms with Gasteiger partial charge in [0.15, 0.2) is 12.0 Å². The molecule has 0 aliphatic rings. The van der Waals surface area contributed by atoms with Gasteiger partial charge in [-0.3, -0.25) is 9.59 Å². The number of aryl methyl sites for hydroxylation is 1. The highest BCUT2D eigenvalue weighted by Gasteiger charge is 2.17. The Labute approximate surface area is 166 Å². The summed E-state index contributed by atoms with van der Waals surface area (Å²) in [5.41, 5.74) is 1.66. The Morgan fingerprint density at radius 3 is 2.71 bits per heavy atom.